The van der Waals surface area contributed by atoms with Crippen molar-refractivity contribution in [3.05, 3.63) is 24.0 Å². The first-order valence-electron chi connectivity index (χ1n) is 3.27. The van der Waals surface area contributed by atoms with E-state index < -0.39 is 0 Å². The van der Waals surface area contributed by atoms with Gasteiger partial charge in [-0.15, -0.1) is 5.26 Å². The smallest absolute Gasteiger partial charge is 0.292 e. The summed E-state index contributed by atoms with van der Waals surface area (Å²) >= 11 is 0. The first kappa shape index (κ1) is 6.88. The molecule has 0 aliphatic heterocycles. The van der Waals surface area contributed by atoms with Crippen LogP contribution in [-0.4, -0.2) is 0 Å². The van der Waals surface area contributed by atoms with E-state index >= 15 is 0 Å². The van der Waals surface area contributed by atoms with Crippen LogP contribution < -0.4 is 0 Å². The van der Waals surface area contributed by atoms with Crippen molar-refractivity contribution in [3.63, 3.8) is 0 Å². The van der Waals surface area contributed by atoms with Gasteiger partial charge in [0, 0.05) is 0 Å². The Morgan fingerprint density at radius 1 is 1.80 bits per heavy atom. The number of hydrogen-bond acceptors (Lipinski definition) is 2. The highest BCUT2D eigenvalue weighted by atomic mass is 16.5. The number of nitriles is 1. The summed E-state index contributed by atoms with van der Waals surface area (Å²) in [5.74, 6) is 1.16. The lowest BCUT2D eigenvalue weighted by atomic mass is 10.0. The van der Waals surface area contributed by atoms with Crippen LogP contribution in [0.1, 0.15) is 13.3 Å². The second-order valence-electron chi connectivity index (χ2n) is 2.38. The van der Waals surface area contributed by atoms with Gasteiger partial charge in [0.1, 0.15) is 5.76 Å². The molecule has 0 N–H and O–H groups in total. The molecule has 0 spiro atoms. The van der Waals surface area contributed by atoms with E-state index in [0.717, 1.165) is 6.42 Å². The SMILES string of the molecule is CC1C=C(OC#N)C=CC1. The molecule has 2 heteroatoms. The fourth-order valence-corrected chi connectivity index (χ4v) is 0.924. The van der Waals surface area contributed by atoms with Crippen LogP contribution in [0.5, 0.6) is 0 Å². The van der Waals surface area contributed by atoms with Gasteiger partial charge in [-0.25, -0.2) is 0 Å². The zero-order valence-electron chi connectivity index (χ0n) is 5.87. The molecular formula is C8H9NO. The average Bonchev–Trinajstić information content (AvgIpc) is 1.88. The normalized spacial score (nSPS) is 23.2. The van der Waals surface area contributed by atoms with Crippen molar-refractivity contribution in [2.45, 2.75) is 13.3 Å². The lowest BCUT2D eigenvalue weighted by molar-refractivity contribution is 0.383. The summed E-state index contributed by atoms with van der Waals surface area (Å²) in [5.41, 5.74) is 0. The van der Waals surface area contributed by atoms with Gasteiger partial charge in [-0.2, -0.15) is 0 Å². The summed E-state index contributed by atoms with van der Waals surface area (Å²) in [6.07, 6.45) is 8.46. The monoisotopic (exact) mass is 135 g/mol. The molecule has 0 saturated carbocycles. The first-order valence-corrected chi connectivity index (χ1v) is 3.27. The third kappa shape index (κ3) is 1.63. The van der Waals surface area contributed by atoms with Crippen LogP contribution in [0.15, 0.2) is 24.0 Å². The van der Waals surface area contributed by atoms with Gasteiger partial charge in [-0.1, -0.05) is 13.0 Å². The Morgan fingerprint density at radius 3 is 3.20 bits per heavy atom. The molecule has 0 aromatic rings. The van der Waals surface area contributed by atoms with Gasteiger partial charge in [0.25, 0.3) is 6.26 Å². The summed E-state index contributed by atoms with van der Waals surface area (Å²) in [4.78, 5) is 0. The number of ether oxygens (including phenoxy) is 1. The van der Waals surface area contributed by atoms with Crippen molar-refractivity contribution in [2.75, 3.05) is 0 Å². The van der Waals surface area contributed by atoms with E-state index in [9.17, 15) is 0 Å². The highest BCUT2D eigenvalue weighted by Crippen LogP contribution is 2.15. The fraction of sp³-hybridized carbons (Fsp3) is 0.375. The minimum Gasteiger partial charge on any atom is -0.388 e. The predicted molar refractivity (Wildman–Crippen MR) is 37.7 cm³/mol. The number of nitrogens with zero attached hydrogens (tertiary/aromatic N) is 1. The average molecular weight is 135 g/mol. The van der Waals surface area contributed by atoms with Crippen molar-refractivity contribution in [1.29, 1.82) is 5.26 Å². The molecule has 0 radical (unpaired) electrons. The summed E-state index contributed by atoms with van der Waals surface area (Å²) in [6, 6.07) is 0. The van der Waals surface area contributed by atoms with Gasteiger partial charge in [-0.05, 0) is 24.5 Å². The predicted octanol–water partition coefficient (Wildman–Crippen LogP) is 1.96. The van der Waals surface area contributed by atoms with Crippen LogP contribution in [0.25, 0.3) is 0 Å². The molecule has 1 unspecified atom stereocenters. The molecule has 0 fully saturated rings. The standard InChI is InChI=1S/C8H9NO/c1-7-3-2-4-8(5-7)10-6-9/h2,4-5,7H,3H2,1H3. The maximum absolute atomic E-state index is 8.16. The Morgan fingerprint density at radius 2 is 2.60 bits per heavy atom. The molecule has 0 bridgehead atoms. The maximum atomic E-state index is 8.16. The fourth-order valence-electron chi connectivity index (χ4n) is 0.924. The van der Waals surface area contributed by atoms with Crippen LogP contribution in [0.3, 0.4) is 0 Å². The molecule has 10 heavy (non-hydrogen) atoms. The third-order valence-electron chi connectivity index (χ3n) is 1.40. The Hall–Kier alpha value is -1.23. The minimum atomic E-state index is 0.494. The topological polar surface area (TPSA) is 33.0 Å². The highest BCUT2D eigenvalue weighted by Gasteiger charge is 2.03. The molecule has 1 atom stereocenters. The van der Waals surface area contributed by atoms with E-state index in [4.69, 9.17) is 5.26 Å². The van der Waals surface area contributed by atoms with Crippen LogP contribution in [-0.2, 0) is 4.74 Å². The zero-order chi connectivity index (χ0) is 7.40. The molecule has 0 heterocycles. The molecule has 2 nitrogen and oxygen atoms in total. The Balaban J connectivity index is 2.59. The lowest BCUT2D eigenvalue weighted by Gasteiger charge is -2.08. The van der Waals surface area contributed by atoms with Crippen molar-refractivity contribution in [3.8, 4) is 6.26 Å². The summed E-state index contributed by atoms with van der Waals surface area (Å²) < 4.78 is 4.63. The molecule has 1 aliphatic rings. The van der Waals surface area contributed by atoms with Gasteiger partial charge in [0.05, 0.1) is 0 Å². The molecule has 1 aliphatic carbocycles. The Labute approximate surface area is 60.4 Å². The molecule has 1 rings (SSSR count). The van der Waals surface area contributed by atoms with E-state index in [2.05, 4.69) is 11.7 Å². The molecular weight excluding hydrogens is 126 g/mol. The van der Waals surface area contributed by atoms with Gasteiger partial charge in [-0.3, -0.25) is 0 Å². The maximum Gasteiger partial charge on any atom is 0.292 e. The summed E-state index contributed by atoms with van der Waals surface area (Å²) in [6.45, 7) is 2.09. The largest absolute Gasteiger partial charge is 0.388 e. The van der Waals surface area contributed by atoms with Crippen LogP contribution in [0.4, 0.5) is 0 Å². The first-order chi connectivity index (χ1) is 4.83. The van der Waals surface area contributed by atoms with E-state index in [1.807, 2.05) is 18.2 Å². The third-order valence-corrected chi connectivity index (χ3v) is 1.40. The second-order valence-corrected chi connectivity index (χ2v) is 2.38. The van der Waals surface area contributed by atoms with E-state index in [1.54, 1.807) is 6.26 Å². The van der Waals surface area contributed by atoms with E-state index in [0.29, 0.717) is 11.7 Å². The Kier molecular flexibility index (Phi) is 2.11. The number of allylic oxidation sites excluding steroid dienone is 3. The van der Waals surface area contributed by atoms with Gasteiger partial charge in [0.2, 0.25) is 0 Å². The van der Waals surface area contributed by atoms with Crippen LogP contribution in [0.2, 0.25) is 0 Å². The minimum absolute atomic E-state index is 0.494. The molecule has 52 valence electrons. The van der Waals surface area contributed by atoms with Gasteiger partial charge >= 0.3 is 0 Å². The lowest BCUT2D eigenvalue weighted by Crippen LogP contribution is -1.95. The summed E-state index contributed by atoms with van der Waals surface area (Å²) in [7, 11) is 0. The zero-order valence-corrected chi connectivity index (χ0v) is 5.87. The van der Waals surface area contributed by atoms with Crippen molar-refractivity contribution in [1.82, 2.24) is 0 Å². The molecule has 0 amide bonds. The molecule has 0 saturated heterocycles. The number of rotatable bonds is 1. The van der Waals surface area contributed by atoms with Crippen molar-refractivity contribution >= 4 is 0 Å². The second kappa shape index (κ2) is 3.07. The Bertz CT molecular complexity index is 210. The highest BCUT2D eigenvalue weighted by molar-refractivity contribution is 5.18. The quantitative estimate of drug-likeness (QED) is 0.515. The molecule has 0 aromatic heterocycles. The van der Waals surface area contributed by atoms with Crippen LogP contribution in [0, 0.1) is 17.4 Å². The van der Waals surface area contributed by atoms with Gasteiger partial charge < -0.3 is 4.74 Å². The van der Waals surface area contributed by atoms with E-state index in [-0.39, 0.29) is 0 Å². The van der Waals surface area contributed by atoms with Gasteiger partial charge in [0.15, 0.2) is 0 Å². The number of hydrogen-bond donors (Lipinski definition) is 0. The van der Waals surface area contributed by atoms with Crippen molar-refractivity contribution in [2.24, 2.45) is 5.92 Å². The molecule has 0 aromatic carbocycles. The van der Waals surface area contributed by atoms with E-state index in [1.165, 1.54) is 0 Å². The summed E-state index contributed by atoms with van der Waals surface area (Å²) in [5, 5.41) is 8.16. The van der Waals surface area contributed by atoms with Crippen molar-refractivity contribution < 1.29 is 4.74 Å². The van der Waals surface area contributed by atoms with Crippen LogP contribution >= 0.6 is 0 Å².